The maximum atomic E-state index is 12.5. The summed E-state index contributed by atoms with van der Waals surface area (Å²) in [5.74, 6) is 0.204. The van der Waals surface area contributed by atoms with E-state index >= 15 is 0 Å². The van der Waals surface area contributed by atoms with E-state index in [0.29, 0.717) is 5.75 Å². The number of hydrogen-bond acceptors (Lipinski definition) is 3. The number of nitrogens with two attached hydrogens (primary N) is 1. The second-order valence-corrected chi connectivity index (χ2v) is 3.08. The third-order valence-corrected chi connectivity index (χ3v) is 1.92. The van der Waals surface area contributed by atoms with Gasteiger partial charge in [0.25, 0.3) is 0 Å². The summed E-state index contributed by atoms with van der Waals surface area (Å²) in [6.45, 7) is 1.85. The molecule has 78 valence electrons. The maximum Gasteiger partial charge on any atom is 0.123 e. The molecular formula is C10H14FNO2. The number of hydrogen-bond donors (Lipinski definition) is 2. The van der Waals surface area contributed by atoms with Gasteiger partial charge in [-0.25, -0.2) is 4.39 Å². The molecule has 0 spiro atoms. The maximum absolute atomic E-state index is 12.5. The number of halogens is 1. The molecule has 0 saturated carbocycles. The molecule has 1 aromatic carbocycles. The number of benzene rings is 1. The van der Waals surface area contributed by atoms with Gasteiger partial charge in [0, 0.05) is 6.54 Å². The van der Waals surface area contributed by atoms with Crippen LogP contribution in [0.3, 0.4) is 0 Å². The highest BCUT2D eigenvalue weighted by molar-refractivity contribution is 5.22. The topological polar surface area (TPSA) is 55.5 Å². The summed E-state index contributed by atoms with van der Waals surface area (Å²) < 4.78 is 17.8. The van der Waals surface area contributed by atoms with Crippen LogP contribution >= 0.6 is 0 Å². The minimum atomic E-state index is -0.708. The minimum absolute atomic E-state index is 0.141. The molecule has 0 aromatic heterocycles. The van der Waals surface area contributed by atoms with Crippen molar-refractivity contribution in [3.05, 3.63) is 30.1 Å². The molecule has 1 aromatic rings. The van der Waals surface area contributed by atoms with Gasteiger partial charge in [0.1, 0.15) is 23.8 Å². The summed E-state index contributed by atoms with van der Waals surface area (Å²) in [6.07, 6.45) is -1.11. The lowest BCUT2D eigenvalue weighted by molar-refractivity contribution is 0.0535. The molecule has 4 heteroatoms. The highest BCUT2D eigenvalue weighted by atomic mass is 19.1. The van der Waals surface area contributed by atoms with Crippen LogP contribution in [-0.2, 0) is 0 Å². The van der Waals surface area contributed by atoms with E-state index < -0.39 is 12.2 Å². The van der Waals surface area contributed by atoms with Crippen molar-refractivity contribution in [3.8, 4) is 5.75 Å². The zero-order valence-electron chi connectivity index (χ0n) is 7.98. The standard InChI is InChI=1S/C10H14FNO2/c1-7(10(13)6-12)14-9-4-2-8(11)3-5-9/h2-5,7,10,13H,6,12H2,1H3. The fourth-order valence-corrected chi connectivity index (χ4v) is 0.998. The first-order valence-electron chi connectivity index (χ1n) is 4.44. The molecule has 0 aliphatic carbocycles. The van der Waals surface area contributed by atoms with Crippen LogP contribution in [0.2, 0.25) is 0 Å². The van der Waals surface area contributed by atoms with Crippen LogP contribution in [-0.4, -0.2) is 23.9 Å². The quantitative estimate of drug-likeness (QED) is 0.758. The van der Waals surface area contributed by atoms with E-state index in [0.717, 1.165) is 0 Å². The number of rotatable bonds is 4. The van der Waals surface area contributed by atoms with Crippen LogP contribution in [0.25, 0.3) is 0 Å². The van der Waals surface area contributed by atoms with Crippen molar-refractivity contribution < 1.29 is 14.2 Å². The molecule has 0 saturated heterocycles. The molecule has 14 heavy (non-hydrogen) atoms. The lowest BCUT2D eigenvalue weighted by Gasteiger charge is -2.18. The van der Waals surface area contributed by atoms with E-state index in [-0.39, 0.29) is 12.4 Å². The largest absolute Gasteiger partial charge is 0.488 e. The van der Waals surface area contributed by atoms with Gasteiger partial charge in [-0.2, -0.15) is 0 Å². The van der Waals surface area contributed by atoms with Crippen molar-refractivity contribution >= 4 is 0 Å². The van der Waals surface area contributed by atoms with E-state index in [1.165, 1.54) is 24.3 Å². The van der Waals surface area contributed by atoms with Gasteiger partial charge in [-0.1, -0.05) is 0 Å². The van der Waals surface area contributed by atoms with Crippen LogP contribution in [0.15, 0.2) is 24.3 Å². The van der Waals surface area contributed by atoms with Crippen molar-refractivity contribution in [1.82, 2.24) is 0 Å². The molecule has 3 N–H and O–H groups in total. The molecule has 0 heterocycles. The Morgan fingerprint density at radius 2 is 2.00 bits per heavy atom. The minimum Gasteiger partial charge on any atom is -0.488 e. The molecule has 2 atom stereocenters. The number of ether oxygens (including phenoxy) is 1. The van der Waals surface area contributed by atoms with Gasteiger partial charge < -0.3 is 15.6 Å². The Hall–Kier alpha value is -1.13. The first kappa shape index (κ1) is 10.9. The Bertz CT molecular complexity index is 276. The third kappa shape index (κ3) is 2.97. The van der Waals surface area contributed by atoms with Crippen LogP contribution in [0.4, 0.5) is 4.39 Å². The van der Waals surface area contributed by atoms with Gasteiger partial charge in [-0.05, 0) is 31.2 Å². The van der Waals surface area contributed by atoms with Gasteiger partial charge in [-0.15, -0.1) is 0 Å². The average molecular weight is 199 g/mol. The second-order valence-electron chi connectivity index (χ2n) is 3.08. The summed E-state index contributed by atoms with van der Waals surface area (Å²) in [6, 6.07) is 5.62. The van der Waals surface area contributed by atoms with Crippen LogP contribution in [0.1, 0.15) is 6.92 Å². The fourth-order valence-electron chi connectivity index (χ4n) is 0.998. The van der Waals surface area contributed by atoms with Crippen LogP contribution < -0.4 is 10.5 Å². The summed E-state index contributed by atoms with van der Waals surface area (Å²) in [5.41, 5.74) is 5.26. The van der Waals surface area contributed by atoms with Gasteiger partial charge in [0.15, 0.2) is 0 Å². The van der Waals surface area contributed by atoms with E-state index in [1.54, 1.807) is 6.92 Å². The molecule has 3 nitrogen and oxygen atoms in total. The SMILES string of the molecule is CC(Oc1ccc(F)cc1)C(O)CN. The van der Waals surface area contributed by atoms with Gasteiger partial charge in [0.2, 0.25) is 0 Å². The highest BCUT2D eigenvalue weighted by Crippen LogP contribution is 2.13. The molecule has 2 unspecified atom stereocenters. The van der Waals surface area contributed by atoms with Crippen molar-refractivity contribution in [1.29, 1.82) is 0 Å². The average Bonchev–Trinajstić information content (AvgIpc) is 2.20. The van der Waals surface area contributed by atoms with Crippen LogP contribution in [0.5, 0.6) is 5.75 Å². The molecule has 0 bridgehead atoms. The zero-order chi connectivity index (χ0) is 10.6. The predicted molar refractivity (Wildman–Crippen MR) is 51.6 cm³/mol. The van der Waals surface area contributed by atoms with Crippen LogP contribution in [0, 0.1) is 5.82 Å². The first-order chi connectivity index (χ1) is 6.63. The third-order valence-electron chi connectivity index (χ3n) is 1.92. The Morgan fingerprint density at radius 1 is 1.43 bits per heavy atom. The summed E-state index contributed by atoms with van der Waals surface area (Å²) in [5, 5.41) is 9.32. The highest BCUT2D eigenvalue weighted by Gasteiger charge is 2.13. The molecule has 1 rings (SSSR count). The molecule has 0 amide bonds. The fraction of sp³-hybridized carbons (Fsp3) is 0.400. The second kappa shape index (κ2) is 4.93. The molecular weight excluding hydrogens is 185 g/mol. The first-order valence-corrected chi connectivity index (χ1v) is 4.44. The zero-order valence-corrected chi connectivity index (χ0v) is 7.98. The summed E-state index contributed by atoms with van der Waals surface area (Å²) in [4.78, 5) is 0. The van der Waals surface area contributed by atoms with Crippen molar-refractivity contribution in [3.63, 3.8) is 0 Å². The number of aliphatic hydroxyl groups is 1. The van der Waals surface area contributed by atoms with E-state index in [2.05, 4.69) is 0 Å². The smallest absolute Gasteiger partial charge is 0.123 e. The van der Waals surface area contributed by atoms with Gasteiger partial charge in [0.05, 0.1) is 0 Å². The molecule has 0 aliphatic heterocycles. The van der Waals surface area contributed by atoms with E-state index in [1.807, 2.05) is 0 Å². The lowest BCUT2D eigenvalue weighted by Crippen LogP contribution is -2.35. The normalized spacial score (nSPS) is 14.9. The van der Waals surface area contributed by atoms with Crippen molar-refractivity contribution in [2.24, 2.45) is 5.73 Å². The summed E-state index contributed by atoms with van der Waals surface area (Å²) in [7, 11) is 0. The Balaban J connectivity index is 2.56. The van der Waals surface area contributed by atoms with Gasteiger partial charge >= 0.3 is 0 Å². The molecule has 0 fully saturated rings. The molecule has 0 radical (unpaired) electrons. The Kier molecular flexibility index (Phi) is 3.85. The number of aliphatic hydroxyl groups excluding tert-OH is 1. The monoisotopic (exact) mass is 199 g/mol. The summed E-state index contributed by atoms with van der Waals surface area (Å²) >= 11 is 0. The van der Waals surface area contributed by atoms with Crippen molar-refractivity contribution in [2.45, 2.75) is 19.1 Å². The van der Waals surface area contributed by atoms with E-state index in [9.17, 15) is 9.50 Å². The Morgan fingerprint density at radius 3 is 2.50 bits per heavy atom. The predicted octanol–water partition coefficient (Wildman–Crippen LogP) is 0.913. The molecule has 0 aliphatic rings. The van der Waals surface area contributed by atoms with Gasteiger partial charge in [-0.3, -0.25) is 0 Å². The van der Waals surface area contributed by atoms with Crippen molar-refractivity contribution in [2.75, 3.05) is 6.54 Å². The Labute approximate surface area is 82.3 Å². The van der Waals surface area contributed by atoms with E-state index in [4.69, 9.17) is 10.5 Å². The lowest BCUT2D eigenvalue weighted by atomic mass is 10.2.